The van der Waals surface area contributed by atoms with Crippen molar-refractivity contribution in [1.82, 2.24) is 15.0 Å². The lowest BCUT2D eigenvalue weighted by molar-refractivity contribution is -0.123. The van der Waals surface area contributed by atoms with E-state index in [0.29, 0.717) is 36.3 Å². The zero-order valence-electron chi connectivity index (χ0n) is 26.7. The van der Waals surface area contributed by atoms with Gasteiger partial charge in [-0.3, -0.25) is 4.79 Å². The Hall–Kier alpha value is -3.86. The number of nitrogens with zero attached hydrogens (tertiary/aromatic N) is 3. The van der Waals surface area contributed by atoms with Crippen LogP contribution < -0.4 is 4.74 Å². The molecular weight excluding hydrogens is 542 g/mol. The first-order chi connectivity index (χ1) is 21.7. The maximum Gasteiger partial charge on any atom is 0.164 e. The number of hydrogen-bond donors (Lipinski definition) is 0. The summed E-state index contributed by atoms with van der Waals surface area (Å²) in [5.74, 6) is 3.17. The lowest BCUT2D eigenvalue weighted by atomic mass is 9.89. The predicted molar refractivity (Wildman–Crippen MR) is 181 cm³/mol. The second-order valence-corrected chi connectivity index (χ2v) is 11.7. The van der Waals surface area contributed by atoms with Crippen molar-refractivity contribution in [3.05, 3.63) is 84.9 Å². The number of carbonyl (C=O) groups is 1. The zero-order valence-corrected chi connectivity index (χ0v) is 26.7. The summed E-state index contributed by atoms with van der Waals surface area (Å²) in [5.41, 5.74) is 2.77. The van der Waals surface area contributed by atoms with Crippen LogP contribution in [-0.4, -0.2) is 27.3 Å². The van der Waals surface area contributed by atoms with Gasteiger partial charge in [0.1, 0.15) is 11.5 Å². The van der Waals surface area contributed by atoms with Crippen molar-refractivity contribution in [2.24, 2.45) is 5.92 Å². The molecule has 5 nitrogen and oxygen atoms in total. The van der Waals surface area contributed by atoms with Gasteiger partial charge >= 0.3 is 0 Å². The van der Waals surface area contributed by atoms with E-state index in [0.717, 1.165) is 48.1 Å². The predicted octanol–water partition coefficient (Wildman–Crippen LogP) is 10.5. The fourth-order valence-corrected chi connectivity index (χ4v) is 5.57. The third kappa shape index (κ3) is 10.7. The Labute approximate surface area is 264 Å². The largest absolute Gasteiger partial charge is 0.493 e. The Morgan fingerprint density at radius 3 is 1.50 bits per heavy atom. The van der Waals surface area contributed by atoms with Crippen LogP contribution in [0, 0.1) is 5.92 Å². The summed E-state index contributed by atoms with van der Waals surface area (Å²) in [6, 6.07) is 27.8. The maximum absolute atomic E-state index is 13.2. The lowest BCUT2D eigenvalue weighted by Crippen LogP contribution is -2.17. The van der Waals surface area contributed by atoms with Crippen LogP contribution >= 0.6 is 0 Å². The van der Waals surface area contributed by atoms with Crippen molar-refractivity contribution in [3.8, 4) is 39.9 Å². The molecule has 0 aliphatic heterocycles. The minimum absolute atomic E-state index is 0.172. The first kappa shape index (κ1) is 33.0. The molecule has 0 spiro atoms. The van der Waals surface area contributed by atoms with Crippen LogP contribution in [0.4, 0.5) is 0 Å². The zero-order chi connectivity index (χ0) is 30.8. The number of hydrogen-bond acceptors (Lipinski definition) is 5. The average Bonchev–Trinajstić information content (AvgIpc) is 3.08. The summed E-state index contributed by atoms with van der Waals surface area (Å²) in [7, 11) is 0. The monoisotopic (exact) mass is 591 g/mol. The van der Waals surface area contributed by atoms with Crippen molar-refractivity contribution in [1.29, 1.82) is 0 Å². The van der Waals surface area contributed by atoms with Gasteiger partial charge in [0.2, 0.25) is 0 Å². The molecule has 0 radical (unpaired) electrons. The number of carbonyl (C=O) groups excluding carboxylic acids is 1. The van der Waals surface area contributed by atoms with E-state index < -0.39 is 0 Å². The van der Waals surface area contributed by atoms with Gasteiger partial charge in [0.25, 0.3) is 0 Å². The molecule has 0 fully saturated rings. The molecule has 0 saturated carbocycles. The van der Waals surface area contributed by atoms with E-state index in [4.69, 9.17) is 19.7 Å². The standard InChI is InChI=1S/C39H49N3O2/c1-3-5-7-9-10-14-20-31(19-13-8-6-4-2)36(43)29-30-44-35-27-25-34(26-28-35)39-41-37(32-21-15-11-16-22-32)40-38(42-39)33-23-17-12-18-24-33/h11-12,15-18,21-28,31H,3-10,13-14,19-20,29-30H2,1-2H3. The van der Waals surface area contributed by atoms with Crippen LogP contribution in [0.25, 0.3) is 34.2 Å². The van der Waals surface area contributed by atoms with Crippen LogP contribution in [0.2, 0.25) is 0 Å². The van der Waals surface area contributed by atoms with Gasteiger partial charge < -0.3 is 4.74 Å². The van der Waals surface area contributed by atoms with E-state index in [2.05, 4.69) is 13.8 Å². The molecule has 0 saturated heterocycles. The van der Waals surface area contributed by atoms with Gasteiger partial charge in [0.05, 0.1) is 6.61 Å². The molecule has 0 aliphatic rings. The molecule has 1 heterocycles. The highest BCUT2D eigenvalue weighted by Gasteiger charge is 2.18. The fraction of sp³-hybridized carbons (Fsp3) is 0.436. The first-order valence-electron chi connectivity index (χ1n) is 16.8. The van der Waals surface area contributed by atoms with Crippen molar-refractivity contribution in [2.45, 2.75) is 97.3 Å². The lowest BCUT2D eigenvalue weighted by Gasteiger charge is -2.16. The molecule has 44 heavy (non-hydrogen) atoms. The Morgan fingerprint density at radius 1 is 0.568 bits per heavy atom. The molecule has 232 valence electrons. The van der Waals surface area contributed by atoms with E-state index in [9.17, 15) is 4.79 Å². The van der Waals surface area contributed by atoms with E-state index >= 15 is 0 Å². The van der Waals surface area contributed by atoms with Crippen LogP contribution in [0.15, 0.2) is 84.9 Å². The first-order valence-corrected chi connectivity index (χ1v) is 16.8. The summed E-state index contributed by atoms with van der Waals surface area (Å²) in [6.45, 7) is 4.89. The van der Waals surface area contributed by atoms with Gasteiger partial charge in [0, 0.05) is 29.0 Å². The fourth-order valence-electron chi connectivity index (χ4n) is 5.57. The molecule has 0 N–H and O–H groups in total. The normalized spacial score (nSPS) is 11.8. The molecule has 0 bridgehead atoms. The Morgan fingerprint density at radius 2 is 1.00 bits per heavy atom. The highest BCUT2D eigenvalue weighted by atomic mass is 16.5. The SMILES string of the molecule is CCCCCCCCC(CCCCCC)C(=O)CCOc1ccc(-c2nc(-c3ccccc3)nc(-c3ccccc3)n2)cc1. The summed E-state index contributed by atoms with van der Waals surface area (Å²) in [6.07, 6.45) is 14.9. The maximum atomic E-state index is 13.2. The van der Waals surface area contributed by atoms with Crippen molar-refractivity contribution in [3.63, 3.8) is 0 Å². The Bertz CT molecular complexity index is 1320. The number of Topliss-reactive ketones (excluding diaryl/α,β-unsaturated/α-hetero) is 1. The van der Waals surface area contributed by atoms with Crippen molar-refractivity contribution < 1.29 is 9.53 Å². The second-order valence-electron chi connectivity index (χ2n) is 11.7. The van der Waals surface area contributed by atoms with Gasteiger partial charge in [0.15, 0.2) is 17.5 Å². The summed E-state index contributed by atoms with van der Waals surface area (Å²) in [4.78, 5) is 27.6. The van der Waals surface area contributed by atoms with Crippen LogP contribution in [0.1, 0.15) is 97.3 Å². The smallest absolute Gasteiger partial charge is 0.164 e. The molecular formula is C39H49N3O2. The van der Waals surface area contributed by atoms with Crippen molar-refractivity contribution >= 4 is 5.78 Å². The van der Waals surface area contributed by atoms with E-state index in [-0.39, 0.29) is 5.92 Å². The quantitative estimate of drug-likeness (QED) is 0.0957. The Balaban J connectivity index is 1.37. The average molecular weight is 592 g/mol. The molecule has 4 rings (SSSR count). The number of benzene rings is 3. The number of ether oxygens (including phenoxy) is 1. The number of rotatable bonds is 20. The molecule has 0 amide bonds. The molecule has 0 aliphatic carbocycles. The molecule has 1 aromatic heterocycles. The number of aromatic nitrogens is 3. The Kier molecular flexibility index (Phi) is 14.1. The van der Waals surface area contributed by atoms with Crippen LogP contribution in [0.5, 0.6) is 5.75 Å². The third-order valence-corrected chi connectivity index (χ3v) is 8.20. The molecule has 4 aromatic rings. The number of unbranched alkanes of at least 4 members (excludes halogenated alkanes) is 8. The van der Waals surface area contributed by atoms with Gasteiger partial charge in [-0.05, 0) is 37.1 Å². The minimum atomic E-state index is 0.172. The van der Waals surface area contributed by atoms with Crippen molar-refractivity contribution in [2.75, 3.05) is 6.61 Å². The van der Waals surface area contributed by atoms with Gasteiger partial charge in [-0.15, -0.1) is 0 Å². The molecule has 1 atom stereocenters. The summed E-state index contributed by atoms with van der Waals surface area (Å²) < 4.78 is 6.04. The van der Waals surface area contributed by atoms with Gasteiger partial charge in [-0.2, -0.15) is 0 Å². The summed E-state index contributed by atoms with van der Waals surface area (Å²) in [5, 5.41) is 0. The van der Waals surface area contributed by atoms with Crippen LogP contribution in [-0.2, 0) is 4.79 Å². The summed E-state index contributed by atoms with van der Waals surface area (Å²) >= 11 is 0. The molecule has 1 unspecified atom stereocenters. The highest BCUT2D eigenvalue weighted by Crippen LogP contribution is 2.26. The second kappa shape index (κ2) is 18.7. The highest BCUT2D eigenvalue weighted by molar-refractivity contribution is 5.81. The van der Waals surface area contributed by atoms with E-state index in [1.807, 2.05) is 84.9 Å². The molecule has 5 heteroatoms. The van der Waals surface area contributed by atoms with Gasteiger partial charge in [-0.1, -0.05) is 139 Å². The van der Waals surface area contributed by atoms with Gasteiger partial charge in [-0.25, -0.2) is 15.0 Å². The van der Waals surface area contributed by atoms with E-state index in [1.54, 1.807) is 0 Å². The minimum Gasteiger partial charge on any atom is -0.493 e. The van der Waals surface area contributed by atoms with Crippen LogP contribution in [0.3, 0.4) is 0 Å². The van der Waals surface area contributed by atoms with E-state index in [1.165, 1.54) is 51.4 Å². The molecule has 3 aromatic carbocycles. The number of ketones is 1. The topological polar surface area (TPSA) is 65.0 Å². The third-order valence-electron chi connectivity index (χ3n) is 8.20.